The molecule has 3 heteroatoms. The maximum Gasteiger partial charge on any atom is 0.0447 e. The largest absolute Gasteiger partial charge is 0.329 e. The molecule has 0 saturated heterocycles. The maximum atomic E-state index is 5.92. The van der Waals surface area contributed by atoms with E-state index in [-0.39, 0.29) is 6.04 Å². The van der Waals surface area contributed by atoms with E-state index in [0.717, 1.165) is 18.0 Å². The quantitative estimate of drug-likeness (QED) is 0.810. The molecule has 15 heavy (non-hydrogen) atoms. The minimum absolute atomic E-state index is 0.238. The first-order valence-electron chi connectivity index (χ1n) is 5.38. The zero-order valence-electron chi connectivity index (χ0n) is 9.39. The molecule has 1 unspecified atom stereocenters. The fourth-order valence-corrected chi connectivity index (χ4v) is 1.90. The SMILES string of the molecule is CCCNC(CN)c1ccc(Cl)cc1C. The summed E-state index contributed by atoms with van der Waals surface area (Å²) in [4.78, 5) is 0. The molecule has 1 rings (SSSR count). The summed E-state index contributed by atoms with van der Waals surface area (Å²) in [6.45, 7) is 5.82. The Balaban J connectivity index is 2.81. The first kappa shape index (κ1) is 12.5. The van der Waals surface area contributed by atoms with Crippen molar-refractivity contribution in [1.29, 1.82) is 0 Å². The highest BCUT2D eigenvalue weighted by Crippen LogP contribution is 2.20. The predicted molar refractivity (Wildman–Crippen MR) is 66.3 cm³/mol. The molecule has 0 spiro atoms. The lowest BCUT2D eigenvalue weighted by Gasteiger charge is -2.19. The van der Waals surface area contributed by atoms with Crippen molar-refractivity contribution >= 4 is 11.6 Å². The van der Waals surface area contributed by atoms with Gasteiger partial charge < -0.3 is 11.1 Å². The van der Waals surface area contributed by atoms with E-state index in [0.29, 0.717) is 6.54 Å². The van der Waals surface area contributed by atoms with Crippen molar-refractivity contribution in [2.45, 2.75) is 26.3 Å². The number of nitrogens with two attached hydrogens (primary N) is 1. The number of aryl methyl sites for hydroxylation is 1. The van der Waals surface area contributed by atoms with Gasteiger partial charge >= 0.3 is 0 Å². The minimum atomic E-state index is 0.238. The molecule has 0 aromatic heterocycles. The van der Waals surface area contributed by atoms with Gasteiger partial charge in [0.05, 0.1) is 0 Å². The zero-order valence-corrected chi connectivity index (χ0v) is 10.1. The van der Waals surface area contributed by atoms with Crippen molar-refractivity contribution in [2.24, 2.45) is 5.73 Å². The minimum Gasteiger partial charge on any atom is -0.329 e. The molecule has 3 N–H and O–H groups in total. The average molecular weight is 227 g/mol. The van der Waals surface area contributed by atoms with Crippen molar-refractivity contribution in [1.82, 2.24) is 5.32 Å². The second-order valence-corrected chi connectivity index (χ2v) is 4.18. The van der Waals surface area contributed by atoms with Crippen LogP contribution in [0.3, 0.4) is 0 Å². The lowest BCUT2D eigenvalue weighted by atomic mass is 10.0. The van der Waals surface area contributed by atoms with Crippen LogP contribution in [-0.2, 0) is 0 Å². The van der Waals surface area contributed by atoms with E-state index >= 15 is 0 Å². The average Bonchev–Trinajstić information content (AvgIpc) is 2.21. The van der Waals surface area contributed by atoms with Crippen LogP contribution in [0.25, 0.3) is 0 Å². The van der Waals surface area contributed by atoms with Gasteiger partial charge in [-0.3, -0.25) is 0 Å². The normalized spacial score (nSPS) is 12.8. The standard InChI is InChI=1S/C12H19ClN2/c1-3-6-15-12(8-14)11-5-4-10(13)7-9(11)2/h4-5,7,12,15H,3,6,8,14H2,1-2H3. The predicted octanol–water partition coefficient (Wildman–Crippen LogP) is 2.65. The highest BCUT2D eigenvalue weighted by atomic mass is 35.5. The smallest absolute Gasteiger partial charge is 0.0447 e. The lowest BCUT2D eigenvalue weighted by Crippen LogP contribution is -2.29. The van der Waals surface area contributed by atoms with Gasteiger partial charge in [0, 0.05) is 17.6 Å². The van der Waals surface area contributed by atoms with E-state index < -0.39 is 0 Å². The number of nitrogens with one attached hydrogen (secondary N) is 1. The Morgan fingerprint density at radius 2 is 2.20 bits per heavy atom. The molecule has 0 amide bonds. The molecule has 0 aliphatic carbocycles. The summed E-state index contributed by atoms with van der Waals surface area (Å²) in [5.41, 5.74) is 8.20. The first-order chi connectivity index (χ1) is 7.19. The lowest BCUT2D eigenvalue weighted by molar-refractivity contribution is 0.538. The molecule has 0 saturated carbocycles. The first-order valence-corrected chi connectivity index (χ1v) is 5.76. The Bertz CT molecular complexity index is 312. The molecule has 0 bridgehead atoms. The Morgan fingerprint density at radius 1 is 1.47 bits per heavy atom. The van der Waals surface area contributed by atoms with Crippen LogP contribution in [0.1, 0.15) is 30.5 Å². The number of halogens is 1. The van der Waals surface area contributed by atoms with Crippen LogP contribution in [0.2, 0.25) is 5.02 Å². The third-order valence-corrected chi connectivity index (χ3v) is 2.72. The van der Waals surface area contributed by atoms with Gasteiger partial charge in [-0.2, -0.15) is 0 Å². The fraction of sp³-hybridized carbons (Fsp3) is 0.500. The van der Waals surface area contributed by atoms with Crippen LogP contribution < -0.4 is 11.1 Å². The Morgan fingerprint density at radius 3 is 2.73 bits per heavy atom. The number of hydrogen-bond donors (Lipinski definition) is 2. The van der Waals surface area contributed by atoms with E-state index in [1.54, 1.807) is 0 Å². The molecule has 1 aromatic carbocycles. The summed E-state index contributed by atoms with van der Waals surface area (Å²) in [6.07, 6.45) is 1.11. The van der Waals surface area contributed by atoms with Gasteiger partial charge in [0.2, 0.25) is 0 Å². The van der Waals surface area contributed by atoms with Crippen LogP contribution in [0.15, 0.2) is 18.2 Å². The summed E-state index contributed by atoms with van der Waals surface area (Å²) in [7, 11) is 0. The van der Waals surface area contributed by atoms with E-state index in [1.165, 1.54) is 11.1 Å². The van der Waals surface area contributed by atoms with Crippen molar-refractivity contribution < 1.29 is 0 Å². The van der Waals surface area contributed by atoms with Gasteiger partial charge in [0.15, 0.2) is 0 Å². The third kappa shape index (κ3) is 3.49. The maximum absolute atomic E-state index is 5.92. The van der Waals surface area contributed by atoms with Crippen LogP contribution in [0.5, 0.6) is 0 Å². The van der Waals surface area contributed by atoms with Crippen LogP contribution in [-0.4, -0.2) is 13.1 Å². The van der Waals surface area contributed by atoms with Gasteiger partial charge in [-0.25, -0.2) is 0 Å². The Labute approximate surface area is 96.8 Å². The number of rotatable bonds is 5. The topological polar surface area (TPSA) is 38.0 Å². The summed E-state index contributed by atoms with van der Waals surface area (Å²) in [5.74, 6) is 0. The molecule has 0 aliphatic rings. The van der Waals surface area contributed by atoms with Crippen LogP contribution >= 0.6 is 11.6 Å². The van der Waals surface area contributed by atoms with Crippen molar-refractivity contribution in [3.8, 4) is 0 Å². The molecule has 0 radical (unpaired) electrons. The van der Waals surface area contributed by atoms with Gasteiger partial charge in [0.25, 0.3) is 0 Å². The molecule has 2 nitrogen and oxygen atoms in total. The Kier molecular flexibility index (Phi) is 5.09. The molecular weight excluding hydrogens is 208 g/mol. The van der Waals surface area contributed by atoms with Crippen molar-refractivity contribution in [2.75, 3.05) is 13.1 Å². The summed E-state index contributed by atoms with van der Waals surface area (Å²) in [5, 5.41) is 4.21. The third-order valence-electron chi connectivity index (χ3n) is 2.48. The second-order valence-electron chi connectivity index (χ2n) is 3.74. The molecule has 1 atom stereocenters. The number of benzene rings is 1. The van der Waals surface area contributed by atoms with Gasteiger partial charge in [-0.05, 0) is 43.1 Å². The molecular formula is C12H19ClN2. The Hall–Kier alpha value is -0.570. The molecule has 0 aliphatic heterocycles. The zero-order chi connectivity index (χ0) is 11.3. The molecule has 1 aromatic rings. The highest BCUT2D eigenvalue weighted by Gasteiger charge is 2.10. The fourth-order valence-electron chi connectivity index (χ4n) is 1.67. The van der Waals surface area contributed by atoms with Gasteiger partial charge in [-0.1, -0.05) is 24.6 Å². The summed E-state index contributed by atoms with van der Waals surface area (Å²) >= 11 is 5.92. The molecule has 0 fully saturated rings. The van der Waals surface area contributed by atoms with Gasteiger partial charge in [-0.15, -0.1) is 0 Å². The summed E-state index contributed by atoms with van der Waals surface area (Å²) < 4.78 is 0. The molecule has 84 valence electrons. The van der Waals surface area contributed by atoms with Crippen LogP contribution in [0, 0.1) is 6.92 Å². The van der Waals surface area contributed by atoms with Crippen LogP contribution in [0.4, 0.5) is 0 Å². The van der Waals surface area contributed by atoms with E-state index in [4.69, 9.17) is 17.3 Å². The van der Waals surface area contributed by atoms with E-state index in [1.807, 2.05) is 12.1 Å². The number of hydrogen-bond acceptors (Lipinski definition) is 2. The van der Waals surface area contributed by atoms with E-state index in [9.17, 15) is 0 Å². The van der Waals surface area contributed by atoms with Crippen molar-refractivity contribution in [3.63, 3.8) is 0 Å². The van der Waals surface area contributed by atoms with E-state index in [2.05, 4.69) is 25.2 Å². The monoisotopic (exact) mass is 226 g/mol. The van der Waals surface area contributed by atoms with Gasteiger partial charge in [0.1, 0.15) is 0 Å². The summed E-state index contributed by atoms with van der Waals surface area (Å²) in [6, 6.07) is 6.19. The van der Waals surface area contributed by atoms with Crippen molar-refractivity contribution in [3.05, 3.63) is 34.3 Å². The highest BCUT2D eigenvalue weighted by molar-refractivity contribution is 6.30. The molecule has 0 heterocycles. The second kappa shape index (κ2) is 6.11.